The molecular formula is C8H22O2Zr. The second kappa shape index (κ2) is 45.0. The van der Waals surface area contributed by atoms with Crippen molar-refractivity contribution in [2.24, 2.45) is 0 Å². The Kier molecular flexibility index (Phi) is 122. The van der Waals surface area contributed by atoms with E-state index in [0.717, 1.165) is 12.8 Å². The van der Waals surface area contributed by atoms with Gasteiger partial charge >= 0.3 is 26.2 Å². The summed E-state index contributed by atoms with van der Waals surface area (Å²) in [5, 5.41) is 15.8. The van der Waals surface area contributed by atoms with Gasteiger partial charge in [0.05, 0.1) is 0 Å². The molecule has 0 aromatic rings. The van der Waals surface area contributed by atoms with Gasteiger partial charge in [0.2, 0.25) is 0 Å². The standard InChI is InChI=1S/2C3H8O.2CH3.Zr/c2*1-2-3-4;;;/h2*4H,2-3H2,1H3;2*1H3;/q;;2*-1;+2. The van der Waals surface area contributed by atoms with E-state index in [1.54, 1.807) is 0 Å². The minimum Gasteiger partial charge on any atom is -0.396 e. The van der Waals surface area contributed by atoms with Crippen molar-refractivity contribution in [3.63, 3.8) is 0 Å². The molecule has 0 aliphatic rings. The molecule has 0 saturated carbocycles. The van der Waals surface area contributed by atoms with Gasteiger partial charge in [0.15, 0.2) is 0 Å². The number of rotatable bonds is 2. The van der Waals surface area contributed by atoms with Crippen molar-refractivity contribution in [3.8, 4) is 0 Å². The Morgan fingerprint density at radius 1 is 0.818 bits per heavy atom. The molecule has 0 fully saturated rings. The van der Waals surface area contributed by atoms with Gasteiger partial charge in [-0.15, -0.1) is 0 Å². The van der Waals surface area contributed by atoms with E-state index in [1.807, 2.05) is 13.8 Å². The summed E-state index contributed by atoms with van der Waals surface area (Å²) in [6, 6.07) is 0. The Bertz CT molecular complexity index is 20.1. The third-order valence-corrected chi connectivity index (χ3v) is 0.447. The van der Waals surface area contributed by atoms with Crippen LogP contribution in [0.4, 0.5) is 0 Å². The van der Waals surface area contributed by atoms with E-state index in [0.29, 0.717) is 13.2 Å². The van der Waals surface area contributed by atoms with Crippen LogP contribution < -0.4 is 0 Å². The molecule has 0 aromatic carbocycles. The molecule has 0 spiro atoms. The molecule has 11 heavy (non-hydrogen) atoms. The molecule has 2 N–H and O–H groups in total. The first kappa shape index (κ1) is 29.8. The third-order valence-electron chi connectivity index (χ3n) is 0.447. The minimum atomic E-state index is 0. The number of hydrogen-bond acceptors (Lipinski definition) is 2. The van der Waals surface area contributed by atoms with Crippen LogP contribution >= 0.6 is 0 Å². The summed E-state index contributed by atoms with van der Waals surface area (Å²) in [6.45, 7) is 4.50. The summed E-state index contributed by atoms with van der Waals surface area (Å²) in [7, 11) is 0. The van der Waals surface area contributed by atoms with Crippen molar-refractivity contribution in [2.75, 3.05) is 13.2 Å². The molecule has 3 heteroatoms. The molecule has 0 saturated heterocycles. The third kappa shape index (κ3) is 107. The van der Waals surface area contributed by atoms with E-state index >= 15 is 0 Å². The van der Waals surface area contributed by atoms with Gasteiger partial charge in [-0.05, 0) is 12.8 Å². The van der Waals surface area contributed by atoms with Crippen LogP contribution in [0.5, 0.6) is 0 Å². The number of aliphatic hydroxyl groups is 2. The Morgan fingerprint density at radius 2 is 0.909 bits per heavy atom. The average Bonchev–Trinajstić information content (AvgIpc) is 1.88. The monoisotopic (exact) mass is 240 g/mol. The molecule has 2 nitrogen and oxygen atoms in total. The first-order valence-electron chi connectivity index (χ1n) is 3.05. The SMILES string of the molecule is CCCO.CCCO.[CH3-].[CH3-].[Zr+2]. The second-order valence-electron chi connectivity index (χ2n) is 1.45. The summed E-state index contributed by atoms with van der Waals surface area (Å²) in [4.78, 5) is 0. The van der Waals surface area contributed by atoms with Crippen LogP contribution in [0.15, 0.2) is 0 Å². The van der Waals surface area contributed by atoms with Crippen molar-refractivity contribution < 1.29 is 36.4 Å². The zero-order chi connectivity index (χ0) is 6.83. The van der Waals surface area contributed by atoms with Crippen molar-refractivity contribution in [3.05, 3.63) is 14.9 Å². The fourth-order valence-corrected chi connectivity index (χ4v) is 0. The van der Waals surface area contributed by atoms with Gasteiger partial charge in [-0.1, -0.05) is 13.8 Å². The van der Waals surface area contributed by atoms with Gasteiger partial charge in [0.25, 0.3) is 0 Å². The van der Waals surface area contributed by atoms with Gasteiger partial charge in [0.1, 0.15) is 0 Å². The van der Waals surface area contributed by atoms with Crippen molar-refractivity contribution in [2.45, 2.75) is 26.7 Å². The zero-order valence-electron chi connectivity index (χ0n) is 8.22. The molecule has 0 aromatic heterocycles. The fraction of sp³-hybridized carbons (Fsp3) is 0.750. The van der Waals surface area contributed by atoms with Gasteiger partial charge in [-0.2, -0.15) is 0 Å². The van der Waals surface area contributed by atoms with Gasteiger partial charge < -0.3 is 25.1 Å². The largest absolute Gasteiger partial charge is 2.00 e. The second-order valence-corrected chi connectivity index (χ2v) is 1.45. The fourth-order valence-electron chi connectivity index (χ4n) is 0. The molecule has 0 atom stereocenters. The van der Waals surface area contributed by atoms with E-state index in [-0.39, 0.29) is 41.1 Å². The normalized spacial score (nSPS) is 5.45. The van der Waals surface area contributed by atoms with Crippen LogP contribution in [-0.2, 0) is 26.2 Å². The molecule has 0 bridgehead atoms. The predicted molar refractivity (Wildman–Crippen MR) is 47.6 cm³/mol. The molecule has 70 valence electrons. The van der Waals surface area contributed by atoms with Crippen LogP contribution in [0.2, 0.25) is 0 Å². The van der Waals surface area contributed by atoms with E-state index in [9.17, 15) is 0 Å². The van der Waals surface area contributed by atoms with E-state index < -0.39 is 0 Å². The first-order valence-corrected chi connectivity index (χ1v) is 3.05. The Hall–Kier alpha value is 0.803. The number of hydrogen-bond donors (Lipinski definition) is 2. The molecule has 0 rings (SSSR count). The van der Waals surface area contributed by atoms with Crippen molar-refractivity contribution in [1.82, 2.24) is 0 Å². The van der Waals surface area contributed by atoms with Crippen LogP contribution in [-0.4, -0.2) is 23.4 Å². The maximum absolute atomic E-state index is 7.88. The Balaban J connectivity index is -0.0000000171. The van der Waals surface area contributed by atoms with Crippen molar-refractivity contribution in [1.29, 1.82) is 0 Å². The minimum absolute atomic E-state index is 0. The van der Waals surface area contributed by atoms with Gasteiger partial charge in [-0.25, -0.2) is 0 Å². The van der Waals surface area contributed by atoms with Crippen LogP contribution in [0.3, 0.4) is 0 Å². The van der Waals surface area contributed by atoms with Crippen LogP contribution in [0.1, 0.15) is 26.7 Å². The van der Waals surface area contributed by atoms with E-state index in [2.05, 4.69) is 0 Å². The average molecular weight is 241 g/mol. The summed E-state index contributed by atoms with van der Waals surface area (Å²) >= 11 is 0. The first-order chi connectivity index (χ1) is 3.83. The van der Waals surface area contributed by atoms with Crippen LogP contribution in [0.25, 0.3) is 0 Å². The Labute approximate surface area is 91.1 Å². The summed E-state index contributed by atoms with van der Waals surface area (Å²) in [5.41, 5.74) is 0. The summed E-state index contributed by atoms with van der Waals surface area (Å²) in [6.07, 6.45) is 1.75. The molecule has 0 aliphatic carbocycles. The quantitative estimate of drug-likeness (QED) is 0.722. The number of aliphatic hydroxyl groups excluding tert-OH is 2. The molecule has 0 heterocycles. The van der Waals surface area contributed by atoms with E-state index in [1.165, 1.54) is 0 Å². The van der Waals surface area contributed by atoms with Gasteiger partial charge in [-0.3, -0.25) is 0 Å². The maximum atomic E-state index is 7.88. The molecule has 0 amide bonds. The molecule has 0 radical (unpaired) electrons. The van der Waals surface area contributed by atoms with Crippen LogP contribution in [0, 0.1) is 14.9 Å². The topological polar surface area (TPSA) is 40.5 Å². The zero-order valence-corrected chi connectivity index (χ0v) is 10.7. The summed E-state index contributed by atoms with van der Waals surface area (Å²) in [5.74, 6) is 0. The van der Waals surface area contributed by atoms with E-state index in [4.69, 9.17) is 10.2 Å². The van der Waals surface area contributed by atoms with Crippen molar-refractivity contribution >= 4 is 0 Å². The summed E-state index contributed by atoms with van der Waals surface area (Å²) < 4.78 is 0. The Morgan fingerprint density at radius 3 is 0.909 bits per heavy atom. The maximum Gasteiger partial charge on any atom is 2.00 e. The molecule has 0 unspecified atom stereocenters. The molecular weight excluding hydrogens is 219 g/mol. The van der Waals surface area contributed by atoms with Gasteiger partial charge in [0, 0.05) is 13.2 Å². The predicted octanol–water partition coefficient (Wildman–Crippen LogP) is 1.68. The smallest absolute Gasteiger partial charge is 0.396 e. The molecule has 0 aliphatic heterocycles.